The van der Waals surface area contributed by atoms with Gasteiger partial charge < -0.3 is 9.84 Å². The molecular formula is C14H13ClO3. The van der Waals surface area contributed by atoms with Crippen LogP contribution in [0.25, 0.3) is 5.76 Å². The highest BCUT2D eigenvalue weighted by Gasteiger charge is 2.32. The van der Waals surface area contributed by atoms with Gasteiger partial charge in [-0.25, -0.2) is 0 Å². The van der Waals surface area contributed by atoms with Gasteiger partial charge in [-0.2, -0.15) is 0 Å². The topological polar surface area (TPSA) is 46.5 Å². The Balaban J connectivity index is 2.39. The molecule has 94 valence electrons. The van der Waals surface area contributed by atoms with Gasteiger partial charge in [0.25, 0.3) is 0 Å². The van der Waals surface area contributed by atoms with Gasteiger partial charge in [0.05, 0.1) is 11.1 Å². The minimum absolute atomic E-state index is 0.226. The predicted molar refractivity (Wildman–Crippen MR) is 69.8 cm³/mol. The highest BCUT2D eigenvalue weighted by Crippen LogP contribution is 2.33. The fourth-order valence-corrected chi connectivity index (χ4v) is 2.14. The summed E-state index contributed by atoms with van der Waals surface area (Å²) in [6.07, 6.45) is 0.529. The number of carbonyl (C=O) groups is 1. The number of carbonyl (C=O) groups excluding carboxylic acids is 1. The first-order valence-electron chi connectivity index (χ1n) is 5.56. The van der Waals surface area contributed by atoms with Crippen LogP contribution < -0.4 is 0 Å². The Hall–Kier alpha value is -1.58. The molecule has 0 fully saturated rings. The lowest BCUT2D eigenvalue weighted by atomic mass is 9.93. The smallest absolute Gasteiger partial charge is 0.172 e. The van der Waals surface area contributed by atoms with Gasteiger partial charge in [0.2, 0.25) is 0 Å². The molecule has 2 unspecified atom stereocenters. The number of benzene rings is 1. The van der Waals surface area contributed by atoms with E-state index in [0.717, 1.165) is 0 Å². The zero-order chi connectivity index (χ0) is 13.3. The fourth-order valence-electron chi connectivity index (χ4n) is 1.91. The summed E-state index contributed by atoms with van der Waals surface area (Å²) in [5.74, 6) is -0.327. The highest BCUT2D eigenvalue weighted by molar-refractivity contribution is 6.32. The first-order valence-corrected chi connectivity index (χ1v) is 5.93. The van der Waals surface area contributed by atoms with Gasteiger partial charge in [0.1, 0.15) is 17.4 Å². The van der Waals surface area contributed by atoms with Crippen LogP contribution in [0.1, 0.15) is 12.5 Å². The maximum absolute atomic E-state index is 11.9. The molecular weight excluding hydrogens is 252 g/mol. The van der Waals surface area contributed by atoms with Crippen LogP contribution in [-0.4, -0.2) is 17.0 Å². The Morgan fingerprint density at radius 2 is 2.11 bits per heavy atom. The second-order valence-electron chi connectivity index (χ2n) is 4.18. The van der Waals surface area contributed by atoms with E-state index in [1.165, 1.54) is 13.0 Å². The van der Waals surface area contributed by atoms with E-state index in [4.69, 9.17) is 16.3 Å². The SMILES string of the molecule is C=C1OC(c2ccccc2Cl)=CC(=O)C1C(C)O. The summed E-state index contributed by atoms with van der Waals surface area (Å²) in [7, 11) is 0. The first kappa shape index (κ1) is 12.9. The van der Waals surface area contributed by atoms with Gasteiger partial charge in [-0.05, 0) is 19.1 Å². The number of hydrogen-bond acceptors (Lipinski definition) is 3. The van der Waals surface area contributed by atoms with Crippen molar-refractivity contribution in [2.45, 2.75) is 13.0 Å². The molecule has 1 aliphatic heterocycles. The van der Waals surface area contributed by atoms with Crippen LogP contribution in [0.2, 0.25) is 5.02 Å². The first-order chi connectivity index (χ1) is 8.50. The van der Waals surface area contributed by atoms with Gasteiger partial charge in [0.15, 0.2) is 5.78 Å². The number of ether oxygens (including phenoxy) is 1. The maximum atomic E-state index is 11.9. The molecule has 4 heteroatoms. The van der Waals surface area contributed by atoms with E-state index in [0.29, 0.717) is 16.3 Å². The highest BCUT2D eigenvalue weighted by atomic mass is 35.5. The standard InChI is InChI=1S/C14H13ClO3/c1-8(16)14-9(2)18-13(7-12(14)17)10-5-3-4-6-11(10)15/h3-8,14,16H,2H2,1H3. The maximum Gasteiger partial charge on any atom is 0.172 e. The van der Waals surface area contributed by atoms with Crippen molar-refractivity contribution < 1.29 is 14.6 Å². The second-order valence-corrected chi connectivity index (χ2v) is 4.58. The number of halogens is 1. The monoisotopic (exact) mass is 264 g/mol. The van der Waals surface area contributed by atoms with Crippen molar-refractivity contribution in [3.63, 3.8) is 0 Å². The Morgan fingerprint density at radius 3 is 2.67 bits per heavy atom. The number of aliphatic hydroxyl groups is 1. The van der Waals surface area contributed by atoms with Gasteiger partial charge >= 0.3 is 0 Å². The molecule has 1 aliphatic rings. The largest absolute Gasteiger partial charge is 0.461 e. The Kier molecular flexibility index (Phi) is 3.55. The Labute approximate surface area is 110 Å². The lowest BCUT2D eigenvalue weighted by Crippen LogP contribution is -2.30. The summed E-state index contributed by atoms with van der Waals surface area (Å²) in [5, 5.41) is 10.0. The third kappa shape index (κ3) is 2.33. The number of allylic oxidation sites excluding steroid dienone is 1. The molecule has 1 aromatic rings. The third-order valence-electron chi connectivity index (χ3n) is 2.79. The molecule has 2 rings (SSSR count). The predicted octanol–water partition coefficient (Wildman–Crippen LogP) is 2.79. The lowest BCUT2D eigenvalue weighted by Gasteiger charge is -2.26. The number of hydrogen-bond donors (Lipinski definition) is 1. The van der Waals surface area contributed by atoms with Crippen molar-refractivity contribution in [3.05, 3.63) is 53.3 Å². The second kappa shape index (κ2) is 4.96. The summed E-state index contributed by atoms with van der Waals surface area (Å²) in [6, 6.07) is 7.08. The van der Waals surface area contributed by atoms with Crippen molar-refractivity contribution in [2.75, 3.05) is 0 Å². The van der Waals surface area contributed by atoms with Crippen LogP contribution in [0.3, 0.4) is 0 Å². The van der Waals surface area contributed by atoms with Gasteiger partial charge in [-0.15, -0.1) is 0 Å². The molecule has 0 saturated carbocycles. The van der Waals surface area contributed by atoms with E-state index in [1.54, 1.807) is 24.3 Å². The summed E-state index contributed by atoms with van der Waals surface area (Å²) >= 11 is 6.04. The van der Waals surface area contributed by atoms with Crippen LogP contribution in [0.15, 0.2) is 42.7 Å². The summed E-state index contributed by atoms with van der Waals surface area (Å²) in [4.78, 5) is 11.9. The van der Waals surface area contributed by atoms with E-state index >= 15 is 0 Å². The summed E-state index contributed by atoms with van der Waals surface area (Å²) in [6.45, 7) is 5.22. The van der Waals surface area contributed by atoms with Crippen molar-refractivity contribution in [1.82, 2.24) is 0 Å². The van der Waals surface area contributed by atoms with Gasteiger partial charge in [0, 0.05) is 11.6 Å². The van der Waals surface area contributed by atoms with E-state index in [-0.39, 0.29) is 11.5 Å². The average molecular weight is 265 g/mol. The zero-order valence-corrected chi connectivity index (χ0v) is 10.6. The van der Waals surface area contributed by atoms with Crippen molar-refractivity contribution in [2.24, 2.45) is 5.92 Å². The molecule has 0 aromatic heterocycles. The Morgan fingerprint density at radius 1 is 1.44 bits per heavy atom. The van der Waals surface area contributed by atoms with E-state index in [2.05, 4.69) is 6.58 Å². The number of rotatable bonds is 2. The van der Waals surface area contributed by atoms with Crippen LogP contribution in [0, 0.1) is 5.92 Å². The minimum Gasteiger partial charge on any atom is -0.461 e. The van der Waals surface area contributed by atoms with Crippen molar-refractivity contribution in [1.29, 1.82) is 0 Å². The van der Waals surface area contributed by atoms with Crippen molar-refractivity contribution >= 4 is 23.1 Å². The normalized spacial score (nSPS) is 21.3. The van der Waals surface area contributed by atoms with Gasteiger partial charge in [-0.3, -0.25) is 4.79 Å². The molecule has 0 saturated heterocycles. The molecule has 0 spiro atoms. The molecule has 1 N–H and O–H groups in total. The van der Waals surface area contributed by atoms with Crippen molar-refractivity contribution in [3.8, 4) is 0 Å². The molecule has 2 atom stereocenters. The average Bonchev–Trinajstić information content (AvgIpc) is 2.27. The lowest BCUT2D eigenvalue weighted by molar-refractivity contribution is -0.121. The molecule has 1 heterocycles. The van der Waals surface area contributed by atoms with E-state index in [1.807, 2.05) is 0 Å². The molecule has 1 aromatic carbocycles. The van der Waals surface area contributed by atoms with E-state index < -0.39 is 12.0 Å². The minimum atomic E-state index is -0.825. The summed E-state index contributed by atoms with van der Waals surface area (Å²) < 4.78 is 5.50. The molecule has 0 radical (unpaired) electrons. The third-order valence-corrected chi connectivity index (χ3v) is 3.12. The molecule has 3 nitrogen and oxygen atoms in total. The molecule has 18 heavy (non-hydrogen) atoms. The number of ketones is 1. The Bertz CT molecular complexity index is 532. The van der Waals surface area contributed by atoms with Crippen LogP contribution in [-0.2, 0) is 9.53 Å². The van der Waals surface area contributed by atoms with E-state index in [9.17, 15) is 9.90 Å². The quantitative estimate of drug-likeness (QED) is 0.893. The van der Waals surface area contributed by atoms with Crippen LogP contribution in [0.4, 0.5) is 0 Å². The molecule has 0 aliphatic carbocycles. The molecule has 0 bridgehead atoms. The fraction of sp³-hybridized carbons (Fsp3) is 0.214. The zero-order valence-electron chi connectivity index (χ0n) is 9.89. The number of aliphatic hydroxyl groups excluding tert-OH is 1. The van der Waals surface area contributed by atoms with Crippen LogP contribution in [0.5, 0.6) is 0 Å². The van der Waals surface area contributed by atoms with Gasteiger partial charge in [-0.1, -0.05) is 30.3 Å². The molecule has 0 amide bonds. The van der Waals surface area contributed by atoms with Crippen LogP contribution >= 0.6 is 11.6 Å². The summed E-state index contributed by atoms with van der Waals surface area (Å²) in [5.41, 5.74) is 0.637.